The van der Waals surface area contributed by atoms with Crippen LogP contribution in [0.15, 0.2) is 38.0 Å². The van der Waals surface area contributed by atoms with Crippen LogP contribution in [-0.4, -0.2) is 83.6 Å². The average Bonchev–Trinajstić information content (AvgIpc) is 3.39. The number of hydrogen-bond donors (Lipinski definition) is 1. The van der Waals surface area contributed by atoms with Gasteiger partial charge in [0.15, 0.2) is 11.6 Å². The molecule has 4 atom stereocenters. The van der Waals surface area contributed by atoms with E-state index in [9.17, 15) is 19.2 Å². The lowest BCUT2D eigenvalue weighted by Crippen LogP contribution is -2.45. The maximum absolute atomic E-state index is 15.6. The highest BCUT2D eigenvalue weighted by atomic mass is 19.1. The highest BCUT2D eigenvalue weighted by molar-refractivity contribution is 5.98. The summed E-state index contributed by atoms with van der Waals surface area (Å²) in [4.78, 5) is 60.1. The van der Waals surface area contributed by atoms with Gasteiger partial charge in [-0.15, -0.1) is 0 Å². The number of azide groups is 1. The van der Waals surface area contributed by atoms with Gasteiger partial charge in [-0.2, -0.15) is 0 Å². The Bertz CT molecular complexity index is 1870. The van der Waals surface area contributed by atoms with Crippen molar-refractivity contribution in [3.8, 4) is 5.75 Å². The summed E-state index contributed by atoms with van der Waals surface area (Å²) in [5.74, 6) is -1.31. The van der Waals surface area contributed by atoms with Crippen LogP contribution in [0.1, 0.15) is 41.5 Å². The van der Waals surface area contributed by atoms with Crippen LogP contribution in [0.4, 0.5) is 10.1 Å². The summed E-state index contributed by atoms with van der Waals surface area (Å²) in [5.41, 5.74) is 7.80. The number of aromatic amines is 1. The van der Waals surface area contributed by atoms with Crippen LogP contribution in [0.5, 0.6) is 5.75 Å². The van der Waals surface area contributed by atoms with Gasteiger partial charge in [0.05, 0.1) is 23.0 Å². The van der Waals surface area contributed by atoms with E-state index in [-0.39, 0.29) is 41.3 Å². The molecule has 0 aliphatic carbocycles. The Morgan fingerprint density at radius 2 is 1.95 bits per heavy atom. The highest BCUT2D eigenvalue weighted by Gasteiger charge is 2.38. The van der Waals surface area contributed by atoms with Crippen LogP contribution in [-0.2, 0) is 9.47 Å². The summed E-state index contributed by atoms with van der Waals surface area (Å²) in [5, 5.41) is 3.72. The fraction of sp³-hybridized carbons (Fsp3) is 0.500. The van der Waals surface area contributed by atoms with Crippen LogP contribution in [0.25, 0.3) is 21.3 Å². The van der Waals surface area contributed by atoms with Gasteiger partial charge in [-0.25, -0.2) is 14.0 Å². The fourth-order valence-electron chi connectivity index (χ4n) is 5.94. The van der Waals surface area contributed by atoms with Crippen molar-refractivity contribution < 1.29 is 23.4 Å². The molecular formula is C28H31FN8O7. The number of benzene rings is 1. The second-order valence-corrected chi connectivity index (χ2v) is 11.4. The van der Waals surface area contributed by atoms with E-state index >= 15 is 4.39 Å². The van der Waals surface area contributed by atoms with Gasteiger partial charge in [0.2, 0.25) is 5.43 Å². The number of rotatable bonds is 6. The van der Waals surface area contributed by atoms with Gasteiger partial charge < -0.3 is 28.6 Å². The number of halogens is 1. The molecule has 3 aromatic rings. The number of pyridine rings is 1. The van der Waals surface area contributed by atoms with Crippen molar-refractivity contribution in [2.45, 2.75) is 44.7 Å². The lowest BCUT2D eigenvalue weighted by atomic mass is 10.1. The number of aryl methyl sites for hydroxylation is 1. The fourth-order valence-corrected chi connectivity index (χ4v) is 5.94. The molecule has 2 aromatic heterocycles. The first kappa shape index (κ1) is 29.4. The number of carbonyl (C=O) groups is 1. The van der Waals surface area contributed by atoms with Crippen molar-refractivity contribution in [2.24, 2.45) is 5.11 Å². The predicted molar refractivity (Wildman–Crippen MR) is 156 cm³/mol. The van der Waals surface area contributed by atoms with Gasteiger partial charge in [0.25, 0.3) is 5.56 Å². The molecule has 0 radical (unpaired) electrons. The molecular weight excluding hydrogens is 579 g/mol. The van der Waals surface area contributed by atoms with Gasteiger partial charge in [-0.3, -0.25) is 19.1 Å². The third-order valence-electron chi connectivity index (χ3n) is 8.42. The van der Waals surface area contributed by atoms with Gasteiger partial charge in [0.1, 0.15) is 36.8 Å². The maximum atomic E-state index is 15.6. The molecule has 1 aromatic carbocycles. The molecule has 16 heteroatoms. The monoisotopic (exact) mass is 610 g/mol. The van der Waals surface area contributed by atoms with E-state index in [0.717, 1.165) is 19.2 Å². The lowest BCUT2D eigenvalue weighted by molar-refractivity contribution is -0.0363. The van der Waals surface area contributed by atoms with E-state index in [1.807, 2.05) is 18.9 Å². The number of nitrogens with one attached hydrogen (secondary N) is 1. The molecule has 1 unspecified atom stereocenters. The Labute approximate surface area is 249 Å². The Morgan fingerprint density at radius 3 is 2.68 bits per heavy atom. The molecule has 44 heavy (non-hydrogen) atoms. The number of esters is 1. The zero-order chi connectivity index (χ0) is 31.3. The van der Waals surface area contributed by atoms with Crippen LogP contribution in [0.3, 0.4) is 0 Å². The molecule has 0 spiro atoms. The number of hydrogen-bond acceptors (Lipinski definition) is 10. The smallest absolute Gasteiger partial charge is 0.343 e. The van der Waals surface area contributed by atoms with Crippen molar-refractivity contribution in [1.29, 1.82) is 0 Å². The number of H-pyrrole nitrogens is 1. The number of aromatic nitrogens is 3. The number of piperazine rings is 1. The summed E-state index contributed by atoms with van der Waals surface area (Å²) in [7, 11) is 2.00. The third kappa shape index (κ3) is 5.10. The second-order valence-electron chi connectivity index (χ2n) is 11.4. The number of likely N-dealkylation sites (N-methyl/N-ethyl adjacent to an activating group) is 1. The van der Waals surface area contributed by atoms with Crippen molar-refractivity contribution in [3.05, 3.63) is 76.9 Å². The van der Waals surface area contributed by atoms with E-state index in [0.29, 0.717) is 24.3 Å². The van der Waals surface area contributed by atoms with Crippen LogP contribution in [0, 0.1) is 12.7 Å². The first-order valence-corrected chi connectivity index (χ1v) is 14.2. The predicted octanol–water partition coefficient (Wildman–Crippen LogP) is 1.83. The normalized spacial score (nSPS) is 23.3. The van der Waals surface area contributed by atoms with Crippen LogP contribution < -0.4 is 26.3 Å². The minimum atomic E-state index is -0.965. The number of carbonyl (C=O) groups excluding carboxylic acids is 1. The SMILES string of the molecule is Cc1cn([C@H]2C[C@H](N=[N+]=[N-])[C@@H](COC(=O)c3cn4c5c(c(N6CCN(C)CC6)c(F)cc5c3=O)OCC4C)O2)c(=O)[nH]c1=O. The minimum absolute atomic E-state index is 0.00618. The van der Waals surface area contributed by atoms with E-state index in [4.69, 9.17) is 19.7 Å². The number of anilines is 1. The van der Waals surface area contributed by atoms with Crippen LogP contribution >= 0.6 is 0 Å². The molecule has 3 aliphatic rings. The van der Waals surface area contributed by atoms with Crippen molar-refractivity contribution in [2.75, 3.05) is 51.3 Å². The molecule has 232 valence electrons. The largest absolute Gasteiger partial charge is 0.487 e. The quantitative estimate of drug-likeness (QED) is 0.189. The van der Waals surface area contributed by atoms with Crippen molar-refractivity contribution in [1.82, 2.24) is 19.0 Å². The first-order chi connectivity index (χ1) is 21.1. The molecule has 2 fully saturated rings. The Morgan fingerprint density at radius 1 is 1.20 bits per heavy atom. The topological polar surface area (TPSA) is 177 Å². The van der Waals surface area contributed by atoms with E-state index in [1.54, 1.807) is 4.57 Å². The lowest BCUT2D eigenvalue weighted by Gasteiger charge is -2.37. The molecule has 0 amide bonds. The first-order valence-electron chi connectivity index (χ1n) is 14.2. The molecule has 5 heterocycles. The third-order valence-corrected chi connectivity index (χ3v) is 8.42. The zero-order valence-corrected chi connectivity index (χ0v) is 24.4. The summed E-state index contributed by atoms with van der Waals surface area (Å²) in [6.07, 6.45) is 0.979. The summed E-state index contributed by atoms with van der Waals surface area (Å²) in [6, 6.07) is 0.0726. The van der Waals surface area contributed by atoms with Gasteiger partial charge >= 0.3 is 11.7 Å². The summed E-state index contributed by atoms with van der Waals surface area (Å²) in [6.45, 7) is 5.88. The number of nitrogens with zero attached hydrogens (tertiary/aromatic N) is 7. The maximum Gasteiger partial charge on any atom is 0.343 e. The Balaban J connectivity index is 1.29. The molecule has 15 nitrogen and oxygen atoms in total. The van der Waals surface area contributed by atoms with E-state index < -0.39 is 53.4 Å². The number of ether oxygens (including phenoxy) is 3. The summed E-state index contributed by atoms with van der Waals surface area (Å²) < 4.78 is 35.9. The highest BCUT2D eigenvalue weighted by Crippen LogP contribution is 2.42. The van der Waals surface area contributed by atoms with E-state index in [2.05, 4.69) is 19.9 Å². The molecule has 0 bridgehead atoms. The molecule has 0 saturated carbocycles. The minimum Gasteiger partial charge on any atom is -0.487 e. The van der Waals surface area contributed by atoms with Gasteiger partial charge in [-0.05, 0) is 32.5 Å². The zero-order valence-electron chi connectivity index (χ0n) is 24.4. The average molecular weight is 611 g/mol. The second kappa shape index (κ2) is 11.4. The van der Waals surface area contributed by atoms with Crippen LogP contribution in [0.2, 0.25) is 0 Å². The molecule has 1 N–H and O–H groups in total. The van der Waals surface area contributed by atoms with Gasteiger partial charge in [0, 0.05) is 55.5 Å². The summed E-state index contributed by atoms with van der Waals surface area (Å²) >= 11 is 0. The van der Waals surface area contributed by atoms with E-state index in [1.165, 1.54) is 23.9 Å². The molecule has 3 aliphatic heterocycles. The Kier molecular flexibility index (Phi) is 7.65. The molecule has 2 saturated heterocycles. The standard InChI is InChI=1S/C28H31FN8O7/c1-14-10-37(28(41)31-26(14)39)21-9-19(32-33-30)20(44-21)13-43-27(40)17-11-36-15(2)12-42-25-22(36)16(24(17)38)8-18(29)23(25)35-6-4-34(3)5-7-35/h8,10-11,15,19-21H,4-7,9,12-13H2,1-3H3,(H,31,39,41)/t15?,19-,20+,21+/m0/s1. The van der Waals surface area contributed by atoms with Gasteiger partial charge in [-0.1, -0.05) is 5.11 Å². The van der Waals surface area contributed by atoms with Crippen molar-refractivity contribution in [3.63, 3.8) is 0 Å². The van der Waals surface area contributed by atoms with Crippen molar-refractivity contribution >= 4 is 22.6 Å². The Hall–Kier alpha value is -4.66. The molecule has 6 rings (SSSR count).